The Morgan fingerprint density at radius 3 is 2.82 bits per heavy atom. The highest BCUT2D eigenvalue weighted by atomic mass is 32.2. The van der Waals surface area contributed by atoms with Gasteiger partial charge in [-0.15, -0.1) is 0 Å². The maximum Gasteiger partial charge on any atom is 0.182 e. The fourth-order valence-corrected chi connectivity index (χ4v) is 3.88. The highest BCUT2D eigenvalue weighted by Crippen LogP contribution is 2.34. The SMILES string of the molecule is COc1ccc2c(c1)N(C)C(CN)CS2(=O)=O. The maximum atomic E-state index is 12.1. The number of ether oxygens (including phenoxy) is 1. The van der Waals surface area contributed by atoms with Gasteiger partial charge < -0.3 is 15.4 Å². The average molecular weight is 256 g/mol. The zero-order chi connectivity index (χ0) is 12.6. The molecular weight excluding hydrogens is 240 g/mol. The fourth-order valence-electron chi connectivity index (χ4n) is 2.04. The standard InChI is InChI=1S/C11H16N2O3S/c1-13-8(6-12)7-17(14,15)11-4-3-9(16-2)5-10(11)13/h3-5,8H,6-7,12H2,1-2H3. The third-order valence-electron chi connectivity index (χ3n) is 3.11. The summed E-state index contributed by atoms with van der Waals surface area (Å²) in [5.74, 6) is 0.711. The van der Waals surface area contributed by atoms with Crippen LogP contribution in [-0.4, -0.2) is 40.9 Å². The van der Waals surface area contributed by atoms with E-state index < -0.39 is 9.84 Å². The van der Waals surface area contributed by atoms with E-state index in [0.29, 0.717) is 22.9 Å². The van der Waals surface area contributed by atoms with Crippen molar-refractivity contribution in [1.82, 2.24) is 0 Å². The summed E-state index contributed by atoms with van der Waals surface area (Å²) < 4.78 is 29.2. The van der Waals surface area contributed by atoms with Crippen molar-refractivity contribution in [3.8, 4) is 5.75 Å². The van der Waals surface area contributed by atoms with E-state index in [-0.39, 0.29) is 11.8 Å². The molecule has 0 saturated carbocycles. The number of rotatable bonds is 2. The molecule has 0 aliphatic carbocycles. The summed E-state index contributed by atoms with van der Waals surface area (Å²) in [5.41, 5.74) is 6.26. The van der Waals surface area contributed by atoms with Crippen molar-refractivity contribution >= 4 is 15.5 Å². The van der Waals surface area contributed by atoms with Crippen LogP contribution in [0.5, 0.6) is 5.75 Å². The van der Waals surface area contributed by atoms with Crippen LogP contribution in [0.15, 0.2) is 23.1 Å². The average Bonchev–Trinajstić information content (AvgIpc) is 2.33. The van der Waals surface area contributed by atoms with Crippen molar-refractivity contribution in [2.45, 2.75) is 10.9 Å². The first-order valence-corrected chi connectivity index (χ1v) is 6.98. The monoisotopic (exact) mass is 256 g/mol. The van der Waals surface area contributed by atoms with Gasteiger partial charge in [0.05, 0.1) is 29.5 Å². The van der Waals surface area contributed by atoms with Gasteiger partial charge in [0.15, 0.2) is 9.84 Å². The summed E-state index contributed by atoms with van der Waals surface area (Å²) in [7, 11) is 0.168. The third-order valence-corrected chi connectivity index (χ3v) is 4.95. The number of methoxy groups -OCH3 is 1. The first-order valence-electron chi connectivity index (χ1n) is 5.33. The zero-order valence-corrected chi connectivity index (χ0v) is 10.7. The minimum Gasteiger partial charge on any atom is -0.497 e. The number of sulfone groups is 1. The first-order chi connectivity index (χ1) is 7.99. The van der Waals surface area contributed by atoms with Gasteiger partial charge in [0.25, 0.3) is 0 Å². The van der Waals surface area contributed by atoms with Gasteiger partial charge >= 0.3 is 0 Å². The Morgan fingerprint density at radius 1 is 1.53 bits per heavy atom. The second-order valence-corrected chi connectivity index (χ2v) is 6.12. The molecule has 0 amide bonds. The van der Waals surface area contributed by atoms with E-state index in [1.807, 2.05) is 11.9 Å². The Morgan fingerprint density at radius 2 is 2.24 bits per heavy atom. The minimum atomic E-state index is -3.24. The van der Waals surface area contributed by atoms with Crippen LogP contribution >= 0.6 is 0 Å². The lowest BCUT2D eigenvalue weighted by molar-refractivity contribution is 0.414. The molecule has 1 aromatic carbocycles. The lowest BCUT2D eigenvalue weighted by atomic mass is 10.2. The summed E-state index contributed by atoms with van der Waals surface area (Å²) in [4.78, 5) is 2.25. The van der Waals surface area contributed by atoms with E-state index in [2.05, 4.69) is 0 Å². The summed E-state index contributed by atoms with van der Waals surface area (Å²) >= 11 is 0. The molecule has 0 saturated heterocycles. The molecule has 0 aromatic heterocycles. The summed E-state index contributed by atoms with van der Waals surface area (Å²) in [6, 6.07) is 4.80. The quantitative estimate of drug-likeness (QED) is 0.821. The van der Waals surface area contributed by atoms with Gasteiger partial charge in [0.2, 0.25) is 0 Å². The van der Waals surface area contributed by atoms with Crippen LogP contribution in [0.1, 0.15) is 0 Å². The van der Waals surface area contributed by atoms with Gasteiger partial charge in [0, 0.05) is 19.7 Å². The zero-order valence-electron chi connectivity index (χ0n) is 9.88. The van der Waals surface area contributed by atoms with Crippen molar-refractivity contribution in [1.29, 1.82) is 0 Å². The second-order valence-electron chi connectivity index (χ2n) is 4.12. The number of benzene rings is 1. The largest absolute Gasteiger partial charge is 0.497 e. The molecule has 6 heteroatoms. The van der Waals surface area contributed by atoms with E-state index >= 15 is 0 Å². The van der Waals surface area contributed by atoms with E-state index in [1.54, 1.807) is 25.3 Å². The first kappa shape index (κ1) is 12.2. The molecule has 17 heavy (non-hydrogen) atoms. The number of likely N-dealkylation sites (N-methyl/N-ethyl adjacent to an activating group) is 1. The van der Waals surface area contributed by atoms with Crippen LogP contribution in [0.25, 0.3) is 0 Å². The van der Waals surface area contributed by atoms with Crippen LogP contribution in [0.4, 0.5) is 5.69 Å². The Bertz CT molecular complexity index is 528. The van der Waals surface area contributed by atoms with Crippen molar-refractivity contribution in [2.75, 3.05) is 31.4 Å². The van der Waals surface area contributed by atoms with Gasteiger partial charge in [-0.2, -0.15) is 0 Å². The number of nitrogens with two attached hydrogens (primary N) is 1. The third kappa shape index (κ3) is 1.98. The van der Waals surface area contributed by atoms with E-state index in [1.165, 1.54) is 0 Å². The van der Waals surface area contributed by atoms with Gasteiger partial charge in [-0.1, -0.05) is 0 Å². The number of hydrogen-bond acceptors (Lipinski definition) is 5. The Hall–Kier alpha value is -1.27. The molecular formula is C11H16N2O3S. The van der Waals surface area contributed by atoms with E-state index in [4.69, 9.17) is 10.5 Å². The van der Waals surface area contributed by atoms with Crippen molar-refractivity contribution in [2.24, 2.45) is 5.73 Å². The molecule has 1 unspecified atom stereocenters. The minimum absolute atomic E-state index is 0.0688. The predicted molar refractivity (Wildman–Crippen MR) is 66.3 cm³/mol. The summed E-state index contributed by atoms with van der Waals surface area (Å²) in [5, 5.41) is 0. The molecule has 1 aliphatic rings. The smallest absolute Gasteiger partial charge is 0.182 e. The Balaban J connectivity index is 2.60. The molecule has 1 heterocycles. The molecule has 5 nitrogen and oxygen atoms in total. The highest BCUT2D eigenvalue weighted by Gasteiger charge is 2.33. The van der Waals surface area contributed by atoms with Crippen molar-refractivity contribution in [3.05, 3.63) is 18.2 Å². The molecule has 94 valence electrons. The number of fused-ring (bicyclic) bond motifs is 1. The van der Waals surface area contributed by atoms with Gasteiger partial charge in [-0.25, -0.2) is 8.42 Å². The maximum absolute atomic E-state index is 12.1. The van der Waals surface area contributed by atoms with Crippen LogP contribution in [0.3, 0.4) is 0 Å². The molecule has 0 bridgehead atoms. The molecule has 0 fully saturated rings. The highest BCUT2D eigenvalue weighted by molar-refractivity contribution is 7.91. The molecule has 1 aliphatic heterocycles. The van der Waals surface area contributed by atoms with Crippen molar-refractivity contribution in [3.63, 3.8) is 0 Å². The molecule has 0 spiro atoms. The Kier molecular flexibility index (Phi) is 3.01. The summed E-state index contributed by atoms with van der Waals surface area (Å²) in [6.07, 6.45) is 0. The molecule has 1 atom stereocenters. The van der Waals surface area contributed by atoms with Crippen LogP contribution < -0.4 is 15.4 Å². The van der Waals surface area contributed by atoms with E-state index in [0.717, 1.165) is 0 Å². The molecule has 2 rings (SSSR count). The normalized spacial score (nSPS) is 22.1. The van der Waals surface area contributed by atoms with Crippen LogP contribution in [0.2, 0.25) is 0 Å². The Labute approximate surface area is 101 Å². The van der Waals surface area contributed by atoms with Crippen LogP contribution in [-0.2, 0) is 9.84 Å². The summed E-state index contributed by atoms with van der Waals surface area (Å²) in [6.45, 7) is 0.312. The molecule has 2 N–H and O–H groups in total. The van der Waals surface area contributed by atoms with E-state index in [9.17, 15) is 8.42 Å². The number of hydrogen-bond donors (Lipinski definition) is 1. The van der Waals surface area contributed by atoms with Gasteiger partial charge in [-0.3, -0.25) is 0 Å². The lowest BCUT2D eigenvalue weighted by Gasteiger charge is -2.35. The van der Waals surface area contributed by atoms with Crippen molar-refractivity contribution < 1.29 is 13.2 Å². The lowest BCUT2D eigenvalue weighted by Crippen LogP contribution is -2.46. The van der Waals surface area contributed by atoms with Gasteiger partial charge in [0.1, 0.15) is 5.75 Å². The second kappa shape index (κ2) is 4.19. The number of nitrogens with zero attached hydrogens (tertiary/aromatic N) is 1. The topological polar surface area (TPSA) is 72.6 Å². The predicted octanol–water partition coefficient (Wildman–Crippen LogP) is 0.246. The molecule has 0 radical (unpaired) electrons. The fraction of sp³-hybridized carbons (Fsp3) is 0.455. The van der Waals surface area contributed by atoms with Crippen LogP contribution in [0, 0.1) is 0 Å². The molecule has 1 aromatic rings. The number of anilines is 1. The van der Waals surface area contributed by atoms with Gasteiger partial charge in [-0.05, 0) is 12.1 Å².